The lowest BCUT2D eigenvalue weighted by molar-refractivity contribution is -0.115. The summed E-state index contributed by atoms with van der Waals surface area (Å²) in [5.41, 5.74) is 4.21. The number of carbonyl (C=O) groups is 2. The number of benzene rings is 3. The highest BCUT2D eigenvalue weighted by atomic mass is 35.5. The van der Waals surface area contributed by atoms with Crippen LogP contribution in [0.5, 0.6) is 5.75 Å². The van der Waals surface area contributed by atoms with E-state index in [2.05, 4.69) is 5.32 Å². The molecule has 7 heteroatoms. The van der Waals surface area contributed by atoms with E-state index in [1.54, 1.807) is 12.0 Å². The molecule has 3 aromatic rings. The van der Waals surface area contributed by atoms with Gasteiger partial charge in [-0.3, -0.25) is 9.69 Å². The van der Waals surface area contributed by atoms with E-state index in [9.17, 15) is 9.59 Å². The van der Waals surface area contributed by atoms with Gasteiger partial charge in [0.1, 0.15) is 5.75 Å². The number of halogens is 1. The molecule has 1 saturated heterocycles. The third kappa shape index (κ3) is 5.69. The largest absolute Gasteiger partial charge is 0.497 e. The number of rotatable bonds is 7. The van der Waals surface area contributed by atoms with Crippen LogP contribution in [0, 0.1) is 6.92 Å². The standard InChI is InChI=1S/C27H28ClN3O3/c1-19-7-12-25(24(15-19)29-26(32)17-20-8-10-23(34-2)11-9-20)31-14-4-13-30(27(31)33)18-21-5-3-6-22(28)16-21/h3,5-12,15-16H,4,13-14,17-18H2,1-2H3,(H,29,32). The van der Waals surface area contributed by atoms with Crippen LogP contribution in [0.15, 0.2) is 66.7 Å². The second-order valence-electron chi connectivity index (χ2n) is 8.43. The molecule has 0 bridgehead atoms. The third-order valence-electron chi connectivity index (χ3n) is 5.81. The summed E-state index contributed by atoms with van der Waals surface area (Å²) < 4.78 is 5.18. The number of methoxy groups -OCH3 is 1. The Kier molecular flexibility index (Phi) is 7.38. The van der Waals surface area contributed by atoms with Crippen LogP contribution in [0.4, 0.5) is 16.2 Å². The molecule has 3 aromatic carbocycles. The predicted molar refractivity (Wildman–Crippen MR) is 136 cm³/mol. The van der Waals surface area contributed by atoms with Crippen LogP contribution in [-0.4, -0.2) is 37.0 Å². The van der Waals surface area contributed by atoms with Gasteiger partial charge in [-0.15, -0.1) is 0 Å². The van der Waals surface area contributed by atoms with Gasteiger partial charge in [0, 0.05) is 24.7 Å². The molecule has 0 radical (unpaired) electrons. The van der Waals surface area contributed by atoms with Gasteiger partial charge in [-0.25, -0.2) is 4.79 Å². The summed E-state index contributed by atoms with van der Waals surface area (Å²) in [6.45, 7) is 3.72. The summed E-state index contributed by atoms with van der Waals surface area (Å²) in [5.74, 6) is 0.605. The lowest BCUT2D eigenvalue weighted by Crippen LogP contribution is -2.49. The van der Waals surface area contributed by atoms with E-state index in [1.807, 2.05) is 78.6 Å². The first-order valence-corrected chi connectivity index (χ1v) is 11.6. The van der Waals surface area contributed by atoms with Crippen molar-refractivity contribution in [3.8, 4) is 5.75 Å². The molecule has 0 atom stereocenters. The number of urea groups is 1. The number of anilines is 2. The molecule has 1 aliphatic heterocycles. The monoisotopic (exact) mass is 477 g/mol. The summed E-state index contributed by atoms with van der Waals surface area (Å²) in [6, 6.07) is 20.7. The molecule has 0 spiro atoms. The van der Waals surface area contributed by atoms with Crippen molar-refractivity contribution in [3.63, 3.8) is 0 Å². The maximum atomic E-state index is 13.4. The van der Waals surface area contributed by atoms with Crippen LogP contribution in [0.3, 0.4) is 0 Å². The minimum atomic E-state index is -0.141. The minimum Gasteiger partial charge on any atom is -0.497 e. The number of carbonyl (C=O) groups excluding carboxylic acids is 2. The predicted octanol–water partition coefficient (Wildman–Crippen LogP) is 5.67. The molecule has 34 heavy (non-hydrogen) atoms. The molecule has 6 nitrogen and oxygen atoms in total. The summed E-state index contributed by atoms with van der Waals surface area (Å²) in [7, 11) is 1.61. The van der Waals surface area contributed by atoms with Gasteiger partial charge < -0.3 is 15.0 Å². The first kappa shape index (κ1) is 23.6. The van der Waals surface area contributed by atoms with Crippen molar-refractivity contribution in [2.24, 2.45) is 0 Å². The second-order valence-corrected chi connectivity index (χ2v) is 8.87. The highest BCUT2D eigenvalue weighted by molar-refractivity contribution is 6.30. The smallest absolute Gasteiger partial charge is 0.324 e. The quantitative estimate of drug-likeness (QED) is 0.477. The van der Waals surface area contributed by atoms with E-state index in [0.29, 0.717) is 36.0 Å². The van der Waals surface area contributed by atoms with Crippen LogP contribution < -0.4 is 15.0 Å². The Balaban J connectivity index is 1.51. The molecular weight excluding hydrogens is 450 g/mol. The van der Waals surface area contributed by atoms with Gasteiger partial charge >= 0.3 is 6.03 Å². The van der Waals surface area contributed by atoms with Gasteiger partial charge in [-0.05, 0) is 66.4 Å². The van der Waals surface area contributed by atoms with Crippen LogP contribution >= 0.6 is 11.6 Å². The number of hydrogen-bond acceptors (Lipinski definition) is 3. The molecule has 3 amide bonds. The molecule has 1 fully saturated rings. The maximum Gasteiger partial charge on any atom is 0.324 e. The van der Waals surface area contributed by atoms with Crippen molar-refractivity contribution >= 4 is 34.9 Å². The minimum absolute atomic E-state index is 0.0827. The van der Waals surface area contributed by atoms with Crippen LogP contribution in [0.1, 0.15) is 23.1 Å². The average molecular weight is 478 g/mol. The SMILES string of the molecule is COc1ccc(CC(=O)Nc2cc(C)ccc2N2CCCN(Cc3cccc(Cl)c3)C2=O)cc1. The molecular formula is C27H28ClN3O3. The van der Waals surface area contributed by atoms with Crippen molar-refractivity contribution in [2.75, 3.05) is 30.4 Å². The molecule has 0 aromatic heterocycles. The second kappa shape index (κ2) is 10.6. The van der Waals surface area contributed by atoms with Crippen LogP contribution in [0.2, 0.25) is 5.02 Å². The zero-order chi connectivity index (χ0) is 24.1. The number of nitrogens with zero attached hydrogens (tertiary/aromatic N) is 2. The maximum absolute atomic E-state index is 13.4. The first-order chi connectivity index (χ1) is 16.4. The number of hydrogen-bond donors (Lipinski definition) is 1. The van der Waals surface area contributed by atoms with E-state index in [0.717, 1.165) is 28.9 Å². The fourth-order valence-corrected chi connectivity index (χ4v) is 4.33. The molecule has 176 valence electrons. The number of nitrogens with one attached hydrogen (secondary N) is 1. The summed E-state index contributed by atoms with van der Waals surface area (Å²) in [5, 5.41) is 3.67. The highest BCUT2D eigenvalue weighted by Crippen LogP contribution is 2.31. The van der Waals surface area contributed by atoms with Crippen molar-refractivity contribution in [2.45, 2.75) is 26.3 Å². The Morgan fingerprint density at radius 2 is 1.82 bits per heavy atom. The summed E-state index contributed by atoms with van der Waals surface area (Å²) in [4.78, 5) is 29.8. The highest BCUT2D eigenvalue weighted by Gasteiger charge is 2.28. The van der Waals surface area contributed by atoms with E-state index in [4.69, 9.17) is 16.3 Å². The average Bonchev–Trinajstić information content (AvgIpc) is 2.81. The molecule has 0 unspecified atom stereocenters. The molecule has 0 aliphatic carbocycles. The Labute approximate surface area is 205 Å². The first-order valence-electron chi connectivity index (χ1n) is 11.3. The zero-order valence-electron chi connectivity index (χ0n) is 19.4. The zero-order valence-corrected chi connectivity index (χ0v) is 20.1. The van der Waals surface area contributed by atoms with E-state index in [-0.39, 0.29) is 18.4 Å². The van der Waals surface area contributed by atoms with Crippen molar-refractivity contribution in [1.29, 1.82) is 0 Å². The Morgan fingerprint density at radius 3 is 2.56 bits per heavy atom. The van der Waals surface area contributed by atoms with Gasteiger partial charge in [0.25, 0.3) is 0 Å². The van der Waals surface area contributed by atoms with E-state index in [1.165, 1.54) is 0 Å². The fourth-order valence-electron chi connectivity index (χ4n) is 4.12. The van der Waals surface area contributed by atoms with Crippen molar-refractivity contribution in [3.05, 3.63) is 88.4 Å². The topological polar surface area (TPSA) is 61.9 Å². The normalized spacial score (nSPS) is 13.7. The molecule has 4 rings (SSSR count). The lowest BCUT2D eigenvalue weighted by Gasteiger charge is -2.36. The summed E-state index contributed by atoms with van der Waals surface area (Å²) >= 11 is 6.12. The van der Waals surface area contributed by atoms with Gasteiger partial charge in [0.05, 0.1) is 24.9 Å². The molecule has 0 saturated carbocycles. The lowest BCUT2D eigenvalue weighted by atomic mass is 10.1. The van der Waals surface area contributed by atoms with Crippen molar-refractivity contribution < 1.29 is 14.3 Å². The van der Waals surface area contributed by atoms with E-state index >= 15 is 0 Å². The van der Waals surface area contributed by atoms with Crippen LogP contribution in [0.25, 0.3) is 0 Å². The Morgan fingerprint density at radius 1 is 1.03 bits per heavy atom. The molecule has 1 aliphatic rings. The number of ether oxygens (including phenoxy) is 1. The molecule has 1 heterocycles. The van der Waals surface area contributed by atoms with Gasteiger partial charge in [0.2, 0.25) is 5.91 Å². The van der Waals surface area contributed by atoms with Crippen LogP contribution in [-0.2, 0) is 17.8 Å². The third-order valence-corrected chi connectivity index (χ3v) is 6.05. The van der Waals surface area contributed by atoms with E-state index < -0.39 is 0 Å². The number of amides is 3. The molecule has 1 N–H and O–H groups in total. The fraction of sp³-hybridized carbons (Fsp3) is 0.259. The Hall–Kier alpha value is -3.51. The van der Waals surface area contributed by atoms with Gasteiger partial charge in [0.15, 0.2) is 0 Å². The van der Waals surface area contributed by atoms with Gasteiger partial charge in [-0.1, -0.05) is 41.9 Å². The Bertz CT molecular complexity index is 1180. The summed E-state index contributed by atoms with van der Waals surface area (Å²) in [6.07, 6.45) is 1.06. The number of aryl methyl sites for hydroxylation is 1. The van der Waals surface area contributed by atoms with Crippen molar-refractivity contribution in [1.82, 2.24) is 4.90 Å². The van der Waals surface area contributed by atoms with Gasteiger partial charge in [-0.2, -0.15) is 0 Å².